The van der Waals surface area contributed by atoms with Gasteiger partial charge < -0.3 is 13.9 Å². The average molecular weight is 728 g/mol. The monoisotopic (exact) mass is 726 g/mol. The van der Waals surface area contributed by atoms with Gasteiger partial charge in [0.05, 0.1) is 29.9 Å². The molecule has 2 aromatic heterocycles. The molecule has 51 heavy (non-hydrogen) atoms. The highest BCUT2D eigenvalue weighted by atomic mass is 79.9. The predicted octanol–water partition coefficient (Wildman–Crippen LogP) is 13.0. The van der Waals surface area contributed by atoms with Gasteiger partial charge in [-0.1, -0.05) is 157 Å². The molecule has 0 saturated heterocycles. The lowest BCUT2D eigenvalue weighted by molar-refractivity contribution is 0.416. The Kier molecular flexibility index (Phi) is 10.1. The Bertz CT molecular complexity index is 2320. The average Bonchev–Trinajstić information content (AvgIpc) is 3.75. The second kappa shape index (κ2) is 15.4. The molecular formula is C47H39BrN2O. The predicted molar refractivity (Wildman–Crippen MR) is 217 cm³/mol. The van der Waals surface area contributed by atoms with Crippen LogP contribution in [-0.2, 0) is 0 Å². The summed E-state index contributed by atoms with van der Waals surface area (Å²) < 4.78 is 11.5. The second-order valence-electron chi connectivity index (χ2n) is 12.5. The number of hydrogen-bond acceptors (Lipinski definition) is 1. The van der Waals surface area contributed by atoms with Gasteiger partial charge in [-0.25, -0.2) is 0 Å². The van der Waals surface area contributed by atoms with Crippen molar-refractivity contribution in [1.29, 1.82) is 0 Å². The molecule has 4 heteroatoms. The summed E-state index contributed by atoms with van der Waals surface area (Å²) in [6.45, 7) is 4.22. The SMILES string of the molecule is COc1cc(-c2ccccc2)n(-c2ccc(C)cc2)c1-c1ccccc1.Cc1ccc(-n2c(-c3ccccc3)cc(Br)c2-c2ccccc2)cc1. The van der Waals surface area contributed by atoms with E-state index in [1.54, 1.807) is 7.11 Å². The molecule has 2 heterocycles. The summed E-state index contributed by atoms with van der Waals surface area (Å²) in [5.74, 6) is 0.871. The molecule has 0 unspecified atom stereocenters. The zero-order chi connectivity index (χ0) is 35.2. The molecule has 0 fully saturated rings. The van der Waals surface area contributed by atoms with E-state index in [2.05, 4.69) is 209 Å². The lowest BCUT2D eigenvalue weighted by Gasteiger charge is -2.15. The molecule has 0 aliphatic carbocycles. The van der Waals surface area contributed by atoms with Crippen molar-refractivity contribution in [1.82, 2.24) is 9.13 Å². The molecule has 0 N–H and O–H groups in total. The van der Waals surface area contributed by atoms with Crippen LogP contribution in [0.25, 0.3) is 56.4 Å². The molecule has 0 saturated carbocycles. The highest BCUT2D eigenvalue weighted by molar-refractivity contribution is 9.10. The summed E-state index contributed by atoms with van der Waals surface area (Å²) in [4.78, 5) is 0. The van der Waals surface area contributed by atoms with E-state index in [0.29, 0.717) is 0 Å². The maximum absolute atomic E-state index is 5.77. The van der Waals surface area contributed by atoms with Gasteiger partial charge in [-0.3, -0.25) is 0 Å². The number of nitrogens with zero attached hydrogens (tertiary/aromatic N) is 2. The molecule has 3 nitrogen and oxygen atoms in total. The van der Waals surface area contributed by atoms with E-state index >= 15 is 0 Å². The van der Waals surface area contributed by atoms with Crippen molar-refractivity contribution in [2.75, 3.05) is 7.11 Å². The second-order valence-corrected chi connectivity index (χ2v) is 13.3. The largest absolute Gasteiger partial charge is 0.494 e. The van der Waals surface area contributed by atoms with E-state index in [1.165, 1.54) is 33.6 Å². The van der Waals surface area contributed by atoms with Crippen LogP contribution in [0.4, 0.5) is 0 Å². The van der Waals surface area contributed by atoms with Crippen LogP contribution < -0.4 is 4.74 Å². The van der Waals surface area contributed by atoms with Crippen molar-refractivity contribution in [3.05, 3.63) is 198 Å². The normalized spacial score (nSPS) is 10.7. The summed E-state index contributed by atoms with van der Waals surface area (Å²) in [5, 5.41) is 0. The molecule has 8 rings (SSSR count). The van der Waals surface area contributed by atoms with Crippen LogP contribution in [0.5, 0.6) is 5.75 Å². The maximum Gasteiger partial charge on any atom is 0.145 e. The number of rotatable bonds is 7. The number of benzene rings is 6. The summed E-state index contributed by atoms with van der Waals surface area (Å²) in [7, 11) is 1.73. The van der Waals surface area contributed by atoms with Crippen molar-refractivity contribution in [3.8, 4) is 62.2 Å². The zero-order valence-electron chi connectivity index (χ0n) is 29.0. The first-order valence-electron chi connectivity index (χ1n) is 17.1. The summed E-state index contributed by atoms with van der Waals surface area (Å²) in [6.07, 6.45) is 0. The van der Waals surface area contributed by atoms with E-state index < -0.39 is 0 Å². The van der Waals surface area contributed by atoms with Crippen LogP contribution in [-0.4, -0.2) is 16.2 Å². The quantitative estimate of drug-likeness (QED) is 0.160. The van der Waals surface area contributed by atoms with Crippen molar-refractivity contribution >= 4 is 15.9 Å². The fraction of sp³-hybridized carbons (Fsp3) is 0.0638. The lowest BCUT2D eigenvalue weighted by Crippen LogP contribution is -2.00. The Morgan fingerprint density at radius 2 is 0.765 bits per heavy atom. The minimum Gasteiger partial charge on any atom is -0.494 e. The first kappa shape index (κ1) is 33.6. The smallest absolute Gasteiger partial charge is 0.145 e. The van der Waals surface area contributed by atoms with E-state index in [9.17, 15) is 0 Å². The van der Waals surface area contributed by atoms with Crippen molar-refractivity contribution in [2.24, 2.45) is 0 Å². The maximum atomic E-state index is 5.77. The Balaban J connectivity index is 0.000000159. The molecule has 0 radical (unpaired) electrons. The number of methoxy groups -OCH3 is 1. The fourth-order valence-electron chi connectivity index (χ4n) is 6.42. The highest BCUT2D eigenvalue weighted by Gasteiger charge is 2.20. The Labute approximate surface area is 309 Å². The molecule has 0 aliphatic heterocycles. The fourth-order valence-corrected chi connectivity index (χ4v) is 7.04. The summed E-state index contributed by atoms with van der Waals surface area (Å²) in [5.41, 5.74) is 14.0. The van der Waals surface area contributed by atoms with Gasteiger partial charge in [0.25, 0.3) is 0 Å². The van der Waals surface area contributed by atoms with Crippen LogP contribution in [0.1, 0.15) is 11.1 Å². The van der Waals surface area contributed by atoms with E-state index in [4.69, 9.17) is 4.74 Å². The number of hydrogen-bond donors (Lipinski definition) is 0. The number of aryl methyl sites for hydroxylation is 2. The third-order valence-electron chi connectivity index (χ3n) is 8.96. The van der Waals surface area contributed by atoms with Crippen LogP contribution in [0.2, 0.25) is 0 Å². The van der Waals surface area contributed by atoms with Crippen LogP contribution in [0.3, 0.4) is 0 Å². The van der Waals surface area contributed by atoms with Gasteiger partial charge in [-0.15, -0.1) is 0 Å². The Morgan fingerprint density at radius 3 is 1.18 bits per heavy atom. The van der Waals surface area contributed by atoms with Gasteiger partial charge in [0.15, 0.2) is 0 Å². The molecule has 0 spiro atoms. The third-order valence-corrected chi connectivity index (χ3v) is 9.56. The lowest BCUT2D eigenvalue weighted by atomic mass is 10.1. The first-order chi connectivity index (χ1) is 25.0. The molecule has 0 aliphatic rings. The zero-order valence-corrected chi connectivity index (χ0v) is 30.6. The minimum absolute atomic E-state index is 0.871. The Hall–Kier alpha value is -5.84. The molecule has 0 bridgehead atoms. The molecule has 250 valence electrons. The molecule has 6 aromatic carbocycles. The van der Waals surface area contributed by atoms with Gasteiger partial charge in [-0.2, -0.15) is 0 Å². The first-order valence-corrected chi connectivity index (χ1v) is 17.9. The van der Waals surface area contributed by atoms with Crippen LogP contribution in [0, 0.1) is 13.8 Å². The highest BCUT2D eigenvalue weighted by Crippen LogP contribution is 2.41. The van der Waals surface area contributed by atoms with Gasteiger partial charge in [-0.05, 0) is 76.8 Å². The minimum atomic E-state index is 0.871. The van der Waals surface area contributed by atoms with Crippen molar-refractivity contribution in [3.63, 3.8) is 0 Å². The van der Waals surface area contributed by atoms with Gasteiger partial charge in [0.2, 0.25) is 0 Å². The summed E-state index contributed by atoms with van der Waals surface area (Å²) in [6, 6.07) is 63.5. The molecule has 0 atom stereocenters. The van der Waals surface area contributed by atoms with Gasteiger partial charge >= 0.3 is 0 Å². The van der Waals surface area contributed by atoms with Crippen LogP contribution >= 0.6 is 15.9 Å². The number of ether oxygens (including phenoxy) is 1. The van der Waals surface area contributed by atoms with E-state index in [0.717, 1.165) is 44.1 Å². The van der Waals surface area contributed by atoms with E-state index in [1.807, 2.05) is 12.1 Å². The van der Waals surface area contributed by atoms with Crippen molar-refractivity contribution in [2.45, 2.75) is 13.8 Å². The number of aromatic nitrogens is 2. The van der Waals surface area contributed by atoms with Gasteiger partial charge in [0.1, 0.15) is 5.75 Å². The van der Waals surface area contributed by atoms with Crippen LogP contribution in [0.15, 0.2) is 186 Å². The molecule has 8 aromatic rings. The van der Waals surface area contributed by atoms with Gasteiger partial charge in [0, 0.05) is 27.5 Å². The number of halogens is 1. The third kappa shape index (κ3) is 7.23. The standard InChI is InChI=1S/C24H21NO.C23H18BrN/c1-18-13-15-21(16-14-18)25-22(19-9-5-3-6-10-19)17-23(26-2)24(25)20-11-7-4-8-12-20;1-17-12-14-20(15-13-17)25-22(18-8-4-2-5-9-18)16-21(24)23(25)19-10-6-3-7-11-19/h3-17H,1-2H3;2-16H,1H3. The molecular weight excluding hydrogens is 688 g/mol. The van der Waals surface area contributed by atoms with E-state index in [-0.39, 0.29) is 0 Å². The summed E-state index contributed by atoms with van der Waals surface area (Å²) >= 11 is 3.79. The topological polar surface area (TPSA) is 19.1 Å². The Morgan fingerprint density at radius 1 is 0.412 bits per heavy atom. The molecule has 0 amide bonds. The van der Waals surface area contributed by atoms with Crippen molar-refractivity contribution < 1.29 is 4.74 Å².